The van der Waals surface area contributed by atoms with Crippen molar-refractivity contribution in [3.05, 3.63) is 41.3 Å². The SMILES string of the molecule is C[C@@H](Oc1ccc(-c2ncc(Cl)cc2F)cc1O)C(=O)OC[Si](C)(C)C. The normalized spacial score (nSPS) is 12.5. The lowest BCUT2D eigenvalue weighted by Gasteiger charge is -2.19. The van der Waals surface area contributed by atoms with Crippen LogP contribution in [0, 0.1) is 5.82 Å². The molecule has 0 fully saturated rings. The van der Waals surface area contributed by atoms with Crippen molar-refractivity contribution in [3.63, 3.8) is 0 Å². The van der Waals surface area contributed by atoms with Crippen molar-refractivity contribution < 1.29 is 23.8 Å². The lowest BCUT2D eigenvalue weighted by molar-refractivity contribution is -0.149. The Balaban J connectivity index is 2.11. The van der Waals surface area contributed by atoms with Gasteiger partial charge in [0.25, 0.3) is 0 Å². The van der Waals surface area contributed by atoms with Gasteiger partial charge in [-0.1, -0.05) is 31.2 Å². The zero-order chi connectivity index (χ0) is 19.5. The van der Waals surface area contributed by atoms with Crippen LogP contribution in [0.3, 0.4) is 0 Å². The average molecular weight is 398 g/mol. The highest BCUT2D eigenvalue weighted by Crippen LogP contribution is 2.33. The minimum atomic E-state index is -1.52. The molecule has 8 heteroatoms. The van der Waals surface area contributed by atoms with Gasteiger partial charge < -0.3 is 14.6 Å². The number of carbonyl (C=O) groups excluding carboxylic acids is 1. The predicted molar refractivity (Wildman–Crippen MR) is 101 cm³/mol. The Bertz CT molecular complexity index is 810. The first-order chi connectivity index (χ1) is 12.1. The number of carbonyl (C=O) groups is 1. The highest BCUT2D eigenvalue weighted by atomic mass is 35.5. The molecule has 5 nitrogen and oxygen atoms in total. The minimum absolute atomic E-state index is 0.0545. The van der Waals surface area contributed by atoms with E-state index in [0.717, 1.165) is 6.07 Å². The maximum atomic E-state index is 13.9. The van der Waals surface area contributed by atoms with Crippen LogP contribution in [0.15, 0.2) is 30.5 Å². The van der Waals surface area contributed by atoms with Crippen molar-refractivity contribution in [3.8, 4) is 22.8 Å². The van der Waals surface area contributed by atoms with Gasteiger partial charge in [-0.05, 0) is 31.2 Å². The van der Waals surface area contributed by atoms with Gasteiger partial charge in [0, 0.05) is 11.8 Å². The molecular weight excluding hydrogens is 377 g/mol. The first-order valence-corrected chi connectivity index (χ1v) is 12.1. The van der Waals surface area contributed by atoms with E-state index < -0.39 is 26.0 Å². The Hall–Kier alpha value is -2.12. The molecule has 1 heterocycles. The van der Waals surface area contributed by atoms with Crippen LogP contribution in [0.4, 0.5) is 4.39 Å². The quantitative estimate of drug-likeness (QED) is 0.576. The van der Waals surface area contributed by atoms with E-state index in [1.54, 1.807) is 6.92 Å². The lowest BCUT2D eigenvalue weighted by Crippen LogP contribution is -2.34. The average Bonchev–Trinajstić information content (AvgIpc) is 2.53. The molecule has 1 aromatic carbocycles. The van der Waals surface area contributed by atoms with Gasteiger partial charge in [-0.25, -0.2) is 9.18 Å². The van der Waals surface area contributed by atoms with Gasteiger partial charge in [0.05, 0.1) is 19.3 Å². The van der Waals surface area contributed by atoms with Crippen molar-refractivity contribution in [2.24, 2.45) is 0 Å². The second kappa shape index (κ2) is 8.05. The molecule has 0 aliphatic rings. The Morgan fingerprint density at radius 1 is 1.35 bits per heavy atom. The molecule has 1 atom stereocenters. The molecule has 0 saturated heterocycles. The summed E-state index contributed by atoms with van der Waals surface area (Å²) in [7, 11) is -1.52. The van der Waals surface area contributed by atoms with Gasteiger partial charge >= 0.3 is 5.97 Å². The van der Waals surface area contributed by atoms with E-state index in [1.165, 1.54) is 24.4 Å². The first kappa shape index (κ1) is 20.2. The topological polar surface area (TPSA) is 68.7 Å². The number of aromatic hydroxyl groups is 1. The molecule has 0 bridgehead atoms. The van der Waals surface area contributed by atoms with E-state index >= 15 is 0 Å². The second-order valence-corrected chi connectivity index (χ2v) is 12.9. The summed E-state index contributed by atoms with van der Waals surface area (Å²) < 4.78 is 24.7. The number of phenols is 1. The molecule has 0 saturated carbocycles. The van der Waals surface area contributed by atoms with Gasteiger partial charge in [-0.15, -0.1) is 0 Å². The fraction of sp³-hybridized carbons (Fsp3) is 0.333. The smallest absolute Gasteiger partial charge is 0.346 e. The highest BCUT2D eigenvalue weighted by molar-refractivity contribution is 6.76. The number of ether oxygens (including phenoxy) is 2. The maximum Gasteiger partial charge on any atom is 0.346 e. The number of phenolic OH excluding ortho intramolecular Hbond substituents is 1. The number of halogens is 2. The zero-order valence-electron chi connectivity index (χ0n) is 15.0. The van der Waals surface area contributed by atoms with Crippen LogP contribution in [0.2, 0.25) is 24.7 Å². The molecule has 1 N–H and O–H groups in total. The van der Waals surface area contributed by atoms with E-state index in [0.29, 0.717) is 11.8 Å². The number of esters is 1. The number of nitrogens with zero attached hydrogens (tertiary/aromatic N) is 1. The number of aromatic nitrogens is 1. The highest BCUT2D eigenvalue weighted by Gasteiger charge is 2.22. The second-order valence-electron chi connectivity index (χ2n) is 7.09. The summed E-state index contributed by atoms with van der Waals surface area (Å²) in [6, 6.07) is 5.44. The molecule has 26 heavy (non-hydrogen) atoms. The molecular formula is C18H21ClFNO4Si. The molecule has 0 spiro atoms. The van der Waals surface area contributed by atoms with E-state index in [1.807, 2.05) is 0 Å². The molecule has 1 aromatic heterocycles. The Morgan fingerprint density at radius 2 is 2.04 bits per heavy atom. The summed E-state index contributed by atoms with van der Waals surface area (Å²) in [4.78, 5) is 15.9. The molecule has 140 valence electrons. The predicted octanol–water partition coefficient (Wildman–Crippen LogP) is 4.43. The third-order valence-electron chi connectivity index (χ3n) is 3.32. The summed E-state index contributed by atoms with van der Waals surface area (Å²) in [5.41, 5.74) is 0.414. The van der Waals surface area contributed by atoms with Gasteiger partial charge in [-0.3, -0.25) is 4.98 Å². The summed E-state index contributed by atoms with van der Waals surface area (Å²) >= 11 is 5.69. The zero-order valence-corrected chi connectivity index (χ0v) is 16.8. The number of hydrogen-bond acceptors (Lipinski definition) is 5. The number of hydrogen-bond donors (Lipinski definition) is 1. The van der Waals surface area contributed by atoms with Crippen molar-refractivity contribution in [2.45, 2.75) is 32.7 Å². The summed E-state index contributed by atoms with van der Waals surface area (Å²) in [5, 5.41) is 10.3. The Kier molecular flexibility index (Phi) is 6.25. The van der Waals surface area contributed by atoms with Crippen molar-refractivity contribution in [1.29, 1.82) is 0 Å². The van der Waals surface area contributed by atoms with Gasteiger partial charge in [-0.2, -0.15) is 0 Å². The first-order valence-electron chi connectivity index (χ1n) is 8.04. The lowest BCUT2D eigenvalue weighted by atomic mass is 10.1. The Labute approximate surface area is 157 Å². The standard InChI is InChI=1S/C18H21ClFNO4Si/c1-11(18(23)24-10-26(2,3)4)25-16-6-5-12(7-15(16)22)17-14(20)8-13(19)9-21-17/h5-9,11,22H,10H2,1-4H3/t11-/m1/s1. The Morgan fingerprint density at radius 3 is 2.62 bits per heavy atom. The van der Waals surface area contributed by atoms with Crippen molar-refractivity contribution >= 4 is 25.6 Å². The molecule has 0 aliphatic carbocycles. The molecule has 2 rings (SSSR count). The molecule has 0 amide bonds. The van der Waals surface area contributed by atoms with E-state index in [9.17, 15) is 14.3 Å². The van der Waals surface area contributed by atoms with Crippen LogP contribution < -0.4 is 4.74 Å². The summed E-state index contributed by atoms with van der Waals surface area (Å²) in [6.45, 7) is 7.79. The van der Waals surface area contributed by atoms with Crippen LogP contribution in [0.25, 0.3) is 11.3 Å². The monoisotopic (exact) mass is 397 g/mol. The minimum Gasteiger partial charge on any atom is -0.504 e. The summed E-state index contributed by atoms with van der Waals surface area (Å²) in [5.74, 6) is -1.24. The molecule has 0 radical (unpaired) electrons. The van der Waals surface area contributed by atoms with Crippen molar-refractivity contribution in [2.75, 3.05) is 6.23 Å². The number of benzene rings is 1. The molecule has 0 aliphatic heterocycles. The van der Waals surface area contributed by atoms with E-state index in [4.69, 9.17) is 21.1 Å². The largest absolute Gasteiger partial charge is 0.504 e. The third-order valence-corrected chi connectivity index (χ3v) is 4.54. The fourth-order valence-corrected chi connectivity index (χ4v) is 2.75. The van der Waals surface area contributed by atoms with Crippen LogP contribution in [0.1, 0.15) is 6.92 Å². The van der Waals surface area contributed by atoms with Gasteiger partial charge in [0.1, 0.15) is 5.69 Å². The van der Waals surface area contributed by atoms with E-state index in [2.05, 4.69) is 24.6 Å². The molecule has 0 unspecified atom stereocenters. The van der Waals surface area contributed by atoms with Gasteiger partial charge in [0.2, 0.25) is 0 Å². The fourth-order valence-electron chi connectivity index (χ4n) is 2.03. The number of rotatable bonds is 6. The summed E-state index contributed by atoms with van der Waals surface area (Å²) in [6.07, 6.45) is 0.831. The van der Waals surface area contributed by atoms with E-state index in [-0.39, 0.29) is 22.2 Å². The molecule has 2 aromatic rings. The van der Waals surface area contributed by atoms with Crippen molar-refractivity contribution in [1.82, 2.24) is 4.98 Å². The maximum absolute atomic E-state index is 13.9. The van der Waals surface area contributed by atoms with Crippen LogP contribution in [-0.4, -0.2) is 36.5 Å². The van der Waals surface area contributed by atoms with Gasteiger partial charge in [0.15, 0.2) is 23.4 Å². The number of pyridine rings is 1. The third kappa shape index (κ3) is 5.44. The van der Waals surface area contributed by atoms with Crippen LogP contribution in [0.5, 0.6) is 11.5 Å². The van der Waals surface area contributed by atoms with Crippen LogP contribution >= 0.6 is 11.6 Å². The van der Waals surface area contributed by atoms with Crippen LogP contribution in [-0.2, 0) is 9.53 Å².